The quantitative estimate of drug-likeness (QED) is 0.837. The molecule has 66 valence electrons. The van der Waals surface area contributed by atoms with Crippen molar-refractivity contribution in [2.45, 2.75) is 6.04 Å². The molecule has 0 saturated carbocycles. The number of nitrogens with zero attached hydrogens (tertiary/aromatic N) is 1. The first kappa shape index (κ1) is 9.92. The second-order valence-corrected chi connectivity index (χ2v) is 3.63. The minimum atomic E-state index is -0.509. The number of aliphatic hydroxyl groups excluding tert-OH is 1. The van der Waals surface area contributed by atoms with Gasteiger partial charge in [0.05, 0.1) is 23.4 Å². The monoisotopic (exact) mass is 250 g/mol. The molecule has 12 heavy (non-hydrogen) atoms. The first-order valence-corrected chi connectivity index (χ1v) is 4.49. The van der Waals surface area contributed by atoms with Crippen LogP contribution in [0.3, 0.4) is 0 Å². The molecule has 0 bridgehead atoms. The Morgan fingerprint density at radius 3 is 2.92 bits per heavy atom. The molecule has 0 unspecified atom stereocenters. The van der Waals surface area contributed by atoms with E-state index in [1.807, 2.05) is 0 Å². The van der Waals surface area contributed by atoms with Crippen molar-refractivity contribution in [1.82, 2.24) is 4.98 Å². The molecule has 0 aliphatic heterocycles. The Bertz CT molecular complexity index is 282. The zero-order chi connectivity index (χ0) is 9.14. The Morgan fingerprint density at radius 1 is 1.75 bits per heavy atom. The second kappa shape index (κ2) is 4.18. The molecular formula is C7H8BrClN2O. The number of hydrogen-bond acceptors (Lipinski definition) is 3. The Kier molecular flexibility index (Phi) is 3.46. The highest BCUT2D eigenvalue weighted by molar-refractivity contribution is 9.10. The van der Waals surface area contributed by atoms with E-state index in [9.17, 15) is 0 Å². The van der Waals surface area contributed by atoms with Crippen LogP contribution in [0, 0.1) is 0 Å². The molecule has 1 aromatic rings. The summed E-state index contributed by atoms with van der Waals surface area (Å²) in [7, 11) is 0. The number of hydrogen-bond donors (Lipinski definition) is 2. The molecule has 1 rings (SSSR count). The highest BCUT2D eigenvalue weighted by Gasteiger charge is 2.10. The van der Waals surface area contributed by atoms with Crippen LogP contribution in [-0.4, -0.2) is 16.7 Å². The van der Waals surface area contributed by atoms with Crippen LogP contribution < -0.4 is 5.73 Å². The Morgan fingerprint density at radius 2 is 2.42 bits per heavy atom. The van der Waals surface area contributed by atoms with E-state index >= 15 is 0 Å². The number of pyridine rings is 1. The molecule has 1 atom stereocenters. The lowest BCUT2D eigenvalue weighted by molar-refractivity contribution is 0.266. The van der Waals surface area contributed by atoms with E-state index in [-0.39, 0.29) is 6.61 Å². The minimum absolute atomic E-state index is 0.158. The highest BCUT2D eigenvalue weighted by Crippen LogP contribution is 2.22. The maximum atomic E-state index is 8.75. The third kappa shape index (κ3) is 2.17. The summed E-state index contributed by atoms with van der Waals surface area (Å²) in [6.07, 6.45) is 1.59. The molecule has 0 aliphatic carbocycles. The van der Waals surface area contributed by atoms with Gasteiger partial charge in [-0.3, -0.25) is 4.98 Å². The summed E-state index contributed by atoms with van der Waals surface area (Å²) in [4.78, 5) is 3.98. The van der Waals surface area contributed by atoms with Gasteiger partial charge in [0.15, 0.2) is 0 Å². The minimum Gasteiger partial charge on any atom is -0.394 e. The molecule has 0 radical (unpaired) electrons. The molecule has 3 N–H and O–H groups in total. The summed E-state index contributed by atoms with van der Waals surface area (Å²) in [5.74, 6) is 0. The van der Waals surface area contributed by atoms with Gasteiger partial charge in [-0.15, -0.1) is 0 Å². The van der Waals surface area contributed by atoms with Gasteiger partial charge in [-0.05, 0) is 22.0 Å². The van der Waals surface area contributed by atoms with Gasteiger partial charge in [-0.2, -0.15) is 0 Å². The van der Waals surface area contributed by atoms with Crippen LogP contribution in [0.4, 0.5) is 0 Å². The zero-order valence-corrected chi connectivity index (χ0v) is 8.51. The number of nitrogens with two attached hydrogens (primary N) is 1. The normalized spacial score (nSPS) is 13.0. The summed E-state index contributed by atoms with van der Waals surface area (Å²) in [6.45, 7) is -0.158. The van der Waals surface area contributed by atoms with Crippen molar-refractivity contribution in [2.24, 2.45) is 5.73 Å². The van der Waals surface area contributed by atoms with Crippen molar-refractivity contribution in [3.8, 4) is 0 Å². The van der Waals surface area contributed by atoms with Crippen LogP contribution in [-0.2, 0) is 0 Å². The second-order valence-electron chi connectivity index (χ2n) is 2.31. The van der Waals surface area contributed by atoms with E-state index in [2.05, 4.69) is 20.9 Å². The fourth-order valence-corrected chi connectivity index (χ4v) is 1.55. The largest absolute Gasteiger partial charge is 0.394 e. The van der Waals surface area contributed by atoms with Crippen molar-refractivity contribution in [1.29, 1.82) is 0 Å². The smallest absolute Gasteiger partial charge is 0.0781 e. The Labute approximate surface area is 83.7 Å². The Hall–Kier alpha value is -0.160. The molecule has 0 fully saturated rings. The number of rotatable bonds is 2. The van der Waals surface area contributed by atoms with E-state index < -0.39 is 6.04 Å². The molecule has 0 aromatic carbocycles. The van der Waals surface area contributed by atoms with Gasteiger partial charge in [-0.1, -0.05) is 11.6 Å². The van der Waals surface area contributed by atoms with Crippen LogP contribution in [0.2, 0.25) is 5.02 Å². The molecular weight excluding hydrogens is 243 g/mol. The average molecular weight is 252 g/mol. The van der Waals surface area contributed by atoms with Crippen LogP contribution in [0.1, 0.15) is 11.7 Å². The van der Waals surface area contributed by atoms with Crippen LogP contribution >= 0.6 is 27.5 Å². The molecule has 0 spiro atoms. The van der Waals surface area contributed by atoms with Crippen molar-refractivity contribution >= 4 is 27.5 Å². The lowest BCUT2D eigenvalue weighted by Gasteiger charge is -2.08. The SMILES string of the molecule is N[C@H](CO)c1ncc(Br)cc1Cl. The van der Waals surface area contributed by atoms with E-state index in [1.165, 1.54) is 0 Å². The summed E-state index contributed by atoms with van der Waals surface area (Å²) in [5.41, 5.74) is 6.05. The third-order valence-corrected chi connectivity index (χ3v) is 2.12. The lowest BCUT2D eigenvalue weighted by atomic mass is 10.2. The molecule has 3 nitrogen and oxygen atoms in total. The predicted molar refractivity (Wildman–Crippen MR) is 51.0 cm³/mol. The summed E-state index contributed by atoms with van der Waals surface area (Å²) >= 11 is 9.04. The average Bonchev–Trinajstić information content (AvgIpc) is 2.03. The fraction of sp³-hybridized carbons (Fsp3) is 0.286. The fourth-order valence-electron chi connectivity index (χ4n) is 0.784. The highest BCUT2D eigenvalue weighted by atomic mass is 79.9. The van der Waals surface area contributed by atoms with E-state index in [4.69, 9.17) is 22.4 Å². The molecule has 0 aliphatic rings. The topological polar surface area (TPSA) is 59.1 Å². The van der Waals surface area contributed by atoms with Gasteiger partial charge in [0.25, 0.3) is 0 Å². The molecule has 1 heterocycles. The molecule has 0 amide bonds. The third-order valence-electron chi connectivity index (χ3n) is 1.38. The van der Waals surface area contributed by atoms with Gasteiger partial charge in [0.1, 0.15) is 0 Å². The molecule has 1 aromatic heterocycles. The number of halogens is 2. The van der Waals surface area contributed by atoms with Crippen molar-refractivity contribution in [3.63, 3.8) is 0 Å². The van der Waals surface area contributed by atoms with Crippen molar-refractivity contribution in [2.75, 3.05) is 6.61 Å². The van der Waals surface area contributed by atoms with Gasteiger partial charge in [-0.25, -0.2) is 0 Å². The van der Waals surface area contributed by atoms with Crippen LogP contribution in [0.25, 0.3) is 0 Å². The predicted octanol–water partition coefficient (Wildman–Crippen LogP) is 1.49. The van der Waals surface area contributed by atoms with Crippen molar-refractivity contribution in [3.05, 3.63) is 27.5 Å². The standard InChI is InChI=1S/C7H8BrClN2O/c8-4-1-5(9)7(11-2-4)6(10)3-12/h1-2,6,12H,3,10H2/t6-/m1/s1. The summed E-state index contributed by atoms with van der Waals surface area (Å²) in [6, 6.07) is 1.19. The maximum absolute atomic E-state index is 8.75. The van der Waals surface area contributed by atoms with Crippen LogP contribution in [0.15, 0.2) is 16.7 Å². The molecule has 5 heteroatoms. The van der Waals surface area contributed by atoms with Crippen molar-refractivity contribution < 1.29 is 5.11 Å². The number of aromatic nitrogens is 1. The van der Waals surface area contributed by atoms with E-state index in [1.54, 1.807) is 12.3 Å². The van der Waals surface area contributed by atoms with E-state index in [0.29, 0.717) is 10.7 Å². The van der Waals surface area contributed by atoms with Gasteiger partial charge < -0.3 is 10.8 Å². The van der Waals surface area contributed by atoms with Gasteiger partial charge in [0.2, 0.25) is 0 Å². The lowest BCUT2D eigenvalue weighted by Crippen LogP contribution is -2.16. The summed E-state index contributed by atoms with van der Waals surface area (Å²) < 4.78 is 0.793. The zero-order valence-electron chi connectivity index (χ0n) is 6.17. The first-order valence-electron chi connectivity index (χ1n) is 3.32. The first-order chi connectivity index (χ1) is 5.65. The summed E-state index contributed by atoms with van der Waals surface area (Å²) in [5, 5.41) is 9.21. The van der Waals surface area contributed by atoms with Gasteiger partial charge in [0, 0.05) is 10.7 Å². The molecule has 0 saturated heterocycles. The van der Waals surface area contributed by atoms with E-state index in [0.717, 1.165) is 4.47 Å². The van der Waals surface area contributed by atoms with Gasteiger partial charge >= 0.3 is 0 Å². The maximum Gasteiger partial charge on any atom is 0.0781 e. The van der Waals surface area contributed by atoms with Crippen LogP contribution in [0.5, 0.6) is 0 Å². The Balaban J connectivity index is 3.01. The number of aliphatic hydroxyl groups is 1.